The number of aliphatic imine (C=N–C) groups is 1. The highest BCUT2D eigenvalue weighted by Crippen LogP contribution is 2.18. The predicted molar refractivity (Wildman–Crippen MR) is 112 cm³/mol. The zero-order valence-corrected chi connectivity index (χ0v) is 15.3. The molecular weight excluding hydrogens is 350 g/mol. The second kappa shape index (κ2) is 9.33. The molecular formula is C24H21NO3. The highest BCUT2D eigenvalue weighted by Gasteiger charge is 2.16. The molecule has 4 nitrogen and oxygen atoms in total. The molecule has 0 aromatic heterocycles. The molecule has 0 aliphatic carbocycles. The van der Waals surface area contributed by atoms with Gasteiger partial charge < -0.3 is 10.2 Å². The van der Waals surface area contributed by atoms with E-state index in [1.165, 1.54) is 6.21 Å². The minimum atomic E-state index is -0.282. The summed E-state index contributed by atoms with van der Waals surface area (Å²) >= 11 is 0. The van der Waals surface area contributed by atoms with Gasteiger partial charge >= 0.3 is 0 Å². The molecule has 28 heavy (non-hydrogen) atoms. The number of rotatable bonds is 7. The van der Waals surface area contributed by atoms with Crippen LogP contribution < -0.4 is 0 Å². The number of aliphatic hydroxyl groups excluding tert-OH is 1. The van der Waals surface area contributed by atoms with Crippen LogP contribution in [0.2, 0.25) is 0 Å². The summed E-state index contributed by atoms with van der Waals surface area (Å²) < 4.78 is 0. The number of phenolic OH excluding ortho intramolecular Hbond substituents is 1. The van der Waals surface area contributed by atoms with Crippen molar-refractivity contribution in [2.75, 3.05) is 6.54 Å². The van der Waals surface area contributed by atoms with Crippen molar-refractivity contribution in [3.05, 3.63) is 107 Å². The zero-order valence-electron chi connectivity index (χ0n) is 15.3. The summed E-state index contributed by atoms with van der Waals surface area (Å²) in [5, 5.41) is 20.0. The summed E-state index contributed by atoms with van der Waals surface area (Å²) in [6.45, 7) is 0.457. The Kier molecular flexibility index (Phi) is 6.37. The van der Waals surface area contributed by atoms with Crippen molar-refractivity contribution in [2.45, 2.75) is 6.42 Å². The Morgan fingerprint density at radius 3 is 2.00 bits per heavy atom. The Morgan fingerprint density at radius 2 is 1.39 bits per heavy atom. The van der Waals surface area contributed by atoms with Gasteiger partial charge in [0, 0.05) is 23.9 Å². The topological polar surface area (TPSA) is 69.9 Å². The third-order valence-corrected chi connectivity index (χ3v) is 4.27. The molecule has 0 unspecified atom stereocenters. The van der Waals surface area contributed by atoms with Crippen molar-refractivity contribution in [2.24, 2.45) is 4.99 Å². The number of hydrogen-bond acceptors (Lipinski definition) is 4. The largest absolute Gasteiger partial charge is 0.508 e. The van der Waals surface area contributed by atoms with Crippen LogP contribution in [0.4, 0.5) is 0 Å². The molecule has 0 aliphatic rings. The molecule has 3 aromatic rings. The first-order valence-electron chi connectivity index (χ1n) is 9.01. The third-order valence-electron chi connectivity index (χ3n) is 4.27. The fourth-order valence-electron chi connectivity index (χ4n) is 2.74. The van der Waals surface area contributed by atoms with E-state index in [-0.39, 0.29) is 22.9 Å². The second-order valence-electron chi connectivity index (χ2n) is 6.28. The minimum absolute atomic E-state index is 0.0946. The number of carbonyl (C=O) groups excluding carboxylic acids is 1. The number of phenols is 1. The van der Waals surface area contributed by atoms with Crippen molar-refractivity contribution in [3.8, 4) is 5.75 Å². The Hall–Kier alpha value is -3.66. The molecule has 2 N–H and O–H groups in total. The summed E-state index contributed by atoms with van der Waals surface area (Å²) in [6.07, 6.45) is 2.10. The van der Waals surface area contributed by atoms with Gasteiger partial charge in [-0.1, -0.05) is 72.8 Å². The van der Waals surface area contributed by atoms with Crippen molar-refractivity contribution < 1.29 is 15.0 Å². The van der Waals surface area contributed by atoms with Crippen LogP contribution in [0.1, 0.15) is 21.5 Å². The average molecular weight is 371 g/mol. The number of allylic oxidation sites excluding steroid dienone is 1. The quantitative estimate of drug-likeness (QED) is 0.270. The molecule has 0 radical (unpaired) electrons. The molecule has 0 atom stereocenters. The molecule has 0 bridgehead atoms. The number of aliphatic hydroxyl groups is 1. The molecule has 0 saturated carbocycles. The van der Waals surface area contributed by atoms with Crippen molar-refractivity contribution >= 4 is 17.8 Å². The van der Waals surface area contributed by atoms with Gasteiger partial charge in [-0.2, -0.15) is 0 Å². The molecule has 3 rings (SSSR count). The van der Waals surface area contributed by atoms with Crippen molar-refractivity contribution in [1.82, 2.24) is 0 Å². The summed E-state index contributed by atoms with van der Waals surface area (Å²) in [5.74, 6) is -0.156. The van der Waals surface area contributed by atoms with Gasteiger partial charge in [-0.05, 0) is 24.1 Å². The Balaban J connectivity index is 1.84. The Labute approximate surface area is 164 Å². The number of aromatic hydroxyl groups is 1. The van der Waals surface area contributed by atoms with Crippen LogP contribution in [-0.4, -0.2) is 28.8 Å². The van der Waals surface area contributed by atoms with E-state index in [1.54, 1.807) is 60.7 Å². The smallest absolute Gasteiger partial charge is 0.198 e. The van der Waals surface area contributed by atoms with Crippen LogP contribution in [0, 0.1) is 0 Å². The summed E-state index contributed by atoms with van der Waals surface area (Å²) in [5.41, 5.74) is 2.24. The molecule has 0 saturated heterocycles. The highest BCUT2D eigenvalue weighted by molar-refractivity contribution is 6.25. The van der Waals surface area contributed by atoms with E-state index in [9.17, 15) is 15.0 Å². The lowest BCUT2D eigenvalue weighted by Crippen LogP contribution is -2.08. The standard InChI is InChI=1S/C24H21NO3/c26-21-13-11-18(12-14-21)15-16-25-17-22(23(27)19-7-3-1-4-8-19)24(28)20-9-5-2-6-10-20/h1-14,17,26-27H,15-16H2. The van der Waals surface area contributed by atoms with Crippen LogP contribution in [0.25, 0.3) is 5.76 Å². The lowest BCUT2D eigenvalue weighted by Gasteiger charge is -2.07. The molecule has 0 aliphatic heterocycles. The van der Waals surface area contributed by atoms with Crippen LogP contribution in [0.3, 0.4) is 0 Å². The van der Waals surface area contributed by atoms with Crippen LogP contribution in [0.5, 0.6) is 5.75 Å². The monoisotopic (exact) mass is 371 g/mol. The maximum atomic E-state index is 12.9. The Morgan fingerprint density at radius 1 is 0.821 bits per heavy atom. The van der Waals surface area contributed by atoms with Gasteiger partial charge in [-0.15, -0.1) is 0 Å². The summed E-state index contributed by atoms with van der Waals surface area (Å²) in [6, 6.07) is 24.7. The van der Waals surface area contributed by atoms with E-state index in [2.05, 4.69) is 4.99 Å². The highest BCUT2D eigenvalue weighted by atomic mass is 16.3. The molecule has 4 heteroatoms. The molecule has 140 valence electrons. The van der Waals surface area contributed by atoms with Gasteiger partial charge in [0.05, 0.1) is 5.57 Å². The van der Waals surface area contributed by atoms with Crippen molar-refractivity contribution in [3.63, 3.8) is 0 Å². The fraction of sp³-hybridized carbons (Fsp3) is 0.0833. The lowest BCUT2D eigenvalue weighted by atomic mass is 10.00. The number of benzene rings is 3. The minimum Gasteiger partial charge on any atom is -0.508 e. The van der Waals surface area contributed by atoms with Gasteiger partial charge in [0.1, 0.15) is 11.5 Å². The SMILES string of the molecule is O=C(C(C=NCCc1ccc(O)cc1)=C(O)c1ccccc1)c1ccccc1. The predicted octanol–water partition coefficient (Wildman–Crippen LogP) is 4.86. The maximum absolute atomic E-state index is 12.9. The van der Waals surface area contributed by atoms with Crippen molar-refractivity contribution in [1.29, 1.82) is 0 Å². The average Bonchev–Trinajstić information content (AvgIpc) is 2.75. The first-order valence-corrected chi connectivity index (χ1v) is 9.01. The van der Waals surface area contributed by atoms with Gasteiger partial charge in [-0.3, -0.25) is 9.79 Å². The van der Waals surface area contributed by atoms with Gasteiger partial charge in [0.15, 0.2) is 5.78 Å². The van der Waals surface area contributed by atoms with Gasteiger partial charge in [-0.25, -0.2) is 0 Å². The van der Waals surface area contributed by atoms with E-state index >= 15 is 0 Å². The lowest BCUT2D eigenvalue weighted by molar-refractivity contribution is 0.104. The fourth-order valence-corrected chi connectivity index (χ4v) is 2.74. The number of carbonyl (C=O) groups is 1. The van der Waals surface area contributed by atoms with E-state index in [0.29, 0.717) is 24.1 Å². The van der Waals surface area contributed by atoms with Gasteiger partial charge in [0.25, 0.3) is 0 Å². The first-order chi connectivity index (χ1) is 13.6. The zero-order chi connectivity index (χ0) is 19.8. The Bertz CT molecular complexity index is 975. The maximum Gasteiger partial charge on any atom is 0.198 e. The number of Topliss-reactive ketones (excluding diaryl/α,β-unsaturated/α-hetero) is 1. The number of nitrogens with zero attached hydrogens (tertiary/aromatic N) is 1. The van der Waals surface area contributed by atoms with Crippen LogP contribution >= 0.6 is 0 Å². The summed E-state index contributed by atoms with van der Waals surface area (Å²) in [7, 11) is 0. The normalized spacial score (nSPS) is 12.0. The molecule has 0 heterocycles. The molecule has 0 amide bonds. The second-order valence-corrected chi connectivity index (χ2v) is 6.28. The van der Waals surface area contributed by atoms with E-state index in [1.807, 2.05) is 24.3 Å². The molecule has 0 fully saturated rings. The number of hydrogen-bond donors (Lipinski definition) is 2. The van der Waals surface area contributed by atoms with Gasteiger partial charge in [0.2, 0.25) is 0 Å². The molecule has 0 spiro atoms. The van der Waals surface area contributed by atoms with E-state index in [0.717, 1.165) is 5.56 Å². The molecule has 3 aromatic carbocycles. The number of ketones is 1. The van der Waals surface area contributed by atoms with Crippen LogP contribution in [-0.2, 0) is 6.42 Å². The first kappa shape index (κ1) is 19.1. The van der Waals surface area contributed by atoms with E-state index < -0.39 is 0 Å². The van der Waals surface area contributed by atoms with E-state index in [4.69, 9.17) is 0 Å². The van der Waals surface area contributed by atoms with Crippen LogP contribution in [0.15, 0.2) is 95.5 Å². The third kappa shape index (κ3) is 4.95. The summed E-state index contributed by atoms with van der Waals surface area (Å²) in [4.78, 5) is 17.3.